The maximum absolute atomic E-state index is 16.1. The van der Waals surface area contributed by atoms with Crippen molar-refractivity contribution >= 4 is 68.3 Å². The molecule has 0 aromatic heterocycles. The largest absolute Gasteiger partial charge is 0.309 e. The topological polar surface area (TPSA) is 23.6 Å². The van der Waals surface area contributed by atoms with E-state index in [4.69, 9.17) is 0 Å². The molecule has 0 aliphatic carbocycles. The smallest absolute Gasteiger partial charge is 0.171 e. The first-order valence-corrected chi connectivity index (χ1v) is 18.5. The van der Waals surface area contributed by atoms with Crippen LogP contribution < -0.4 is 25.7 Å². The molecule has 2 aliphatic rings. The van der Waals surface area contributed by atoms with Gasteiger partial charge in [-0.25, -0.2) is 0 Å². The van der Waals surface area contributed by atoms with E-state index in [-0.39, 0.29) is 0 Å². The number of para-hydroxylation sites is 4. The molecule has 0 saturated carbocycles. The van der Waals surface area contributed by atoms with Gasteiger partial charge < -0.3 is 14.4 Å². The first-order chi connectivity index (χ1) is 24.5. The van der Waals surface area contributed by atoms with Crippen LogP contribution in [0.1, 0.15) is 22.3 Å². The normalized spacial score (nSPS) is 13.3. The molecule has 0 spiro atoms. The van der Waals surface area contributed by atoms with Crippen LogP contribution in [0.4, 0.5) is 34.1 Å². The van der Waals surface area contributed by atoms with E-state index in [1.165, 1.54) is 0 Å². The second-order valence-electron chi connectivity index (χ2n) is 12.7. The molecular formula is C46H33N2OP. The van der Waals surface area contributed by atoms with Crippen LogP contribution in [0.15, 0.2) is 189 Å². The van der Waals surface area contributed by atoms with Crippen molar-refractivity contribution in [2.24, 2.45) is 0 Å². The summed E-state index contributed by atoms with van der Waals surface area (Å²) in [5.41, 5.74) is 12.2. The van der Waals surface area contributed by atoms with Crippen molar-refractivity contribution < 1.29 is 4.57 Å². The van der Waals surface area contributed by atoms with Gasteiger partial charge in [0.2, 0.25) is 0 Å². The summed E-state index contributed by atoms with van der Waals surface area (Å²) in [5.74, 6) is 0. The van der Waals surface area contributed by atoms with E-state index in [0.29, 0.717) is 0 Å². The van der Waals surface area contributed by atoms with E-state index in [0.717, 1.165) is 83.4 Å². The highest BCUT2D eigenvalue weighted by Gasteiger charge is 2.35. The second-order valence-corrected chi connectivity index (χ2v) is 15.4. The molecule has 0 atom stereocenters. The Balaban J connectivity index is 1.25. The van der Waals surface area contributed by atoms with E-state index < -0.39 is 7.14 Å². The first kappa shape index (κ1) is 29.9. The van der Waals surface area contributed by atoms with Gasteiger partial charge in [0.25, 0.3) is 0 Å². The summed E-state index contributed by atoms with van der Waals surface area (Å²) in [6.45, 7) is 9.17. The third-order valence-corrected chi connectivity index (χ3v) is 12.9. The average molecular weight is 661 g/mol. The SMILES string of the molecule is C=C1c2ccccc2N(c2ccccc2)c2ccc(P(=O)(c3ccccc3)c3ccc4c(c3)C(=C)c3ccccc3N4c3ccccc3)cc21. The highest BCUT2D eigenvalue weighted by Crippen LogP contribution is 2.52. The summed E-state index contributed by atoms with van der Waals surface area (Å²) in [6.07, 6.45) is 0. The quantitative estimate of drug-likeness (QED) is 0.172. The van der Waals surface area contributed by atoms with E-state index in [2.05, 4.69) is 132 Å². The number of nitrogens with zero attached hydrogens (tertiary/aromatic N) is 2. The van der Waals surface area contributed by atoms with Crippen LogP contribution >= 0.6 is 7.14 Å². The Kier molecular flexibility index (Phi) is 7.05. The van der Waals surface area contributed by atoms with E-state index in [9.17, 15) is 0 Å². The summed E-state index contributed by atoms with van der Waals surface area (Å²) in [5, 5.41) is 2.30. The molecule has 7 aromatic rings. The molecular weight excluding hydrogens is 627 g/mol. The fraction of sp³-hybridized carbons (Fsp3) is 0. The molecule has 0 fully saturated rings. The van der Waals surface area contributed by atoms with Gasteiger partial charge in [-0.05, 0) is 83.9 Å². The van der Waals surface area contributed by atoms with Crippen molar-refractivity contribution in [2.45, 2.75) is 0 Å². The van der Waals surface area contributed by atoms with Crippen LogP contribution in [-0.2, 0) is 4.57 Å². The lowest BCUT2D eigenvalue weighted by Crippen LogP contribution is -2.28. The molecule has 9 rings (SSSR count). The molecule has 238 valence electrons. The molecule has 4 heteroatoms. The Labute approximate surface area is 293 Å². The fourth-order valence-corrected chi connectivity index (χ4v) is 10.2. The fourth-order valence-electron chi connectivity index (χ4n) is 7.51. The van der Waals surface area contributed by atoms with Gasteiger partial charge in [-0.2, -0.15) is 0 Å². The van der Waals surface area contributed by atoms with Gasteiger partial charge in [0, 0.05) is 49.5 Å². The summed E-state index contributed by atoms with van der Waals surface area (Å²) < 4.78 is 16.1. The molecule has 0 N–H and O–H groups in total. The highest BCUT2D eigenvalue weighted by atomic mass is 31.2. The van der Waals surface area contributed by atoms with Crippen LogP contribution in [0.25, 0.3) is 11.1 Å². The molecule has 50 heavy (non-hydrogen) atoms. The number of anilines is 6. The Bertz CT molecular complexity index is 2350. The Morgan fingerprint density at radius 2 is 0.720 bits per heavy atom. The lowest BCUT2D eigenvalue weighted by atomic mass is 9.91. The lowest BCUT2D eigenvalue weighted by Gasteiger charge is -2.36. The van der Waals surface area contributed by atoms with E-state index in [1.54, 1.807) is 0 Å². The molecule has 0 unspecified atom stereocenters. The number of hydrogen-bond donors (Lipinski definition) is 0. The minimum atomic E-state index is -3.39. The van der Waals surface area contributed by atoms with Crippen molar-refractivity contribution in [3.63, 3.8) is 0 Å². The number of rotatable bonds is 5. The number of fused-ring (bicyclic) bond motifs is 4. The highest BCUT2D eigenvalue weighted by molar-refractivity contribution is 7.85. The standard InChI is InChI=1S/C46H33N2OP/c1-32-39-22-12-14-24-43(39)47(34-16-6-3-7-17-34)45-28-26-37(30-41(32)45)50(49,36-20-10-5-11-21-36)38-27-29-46-42(31-38)33(2)40-23-13-15-25-44(40)48(46)35-18-8-4-9-19-35/h3-31H,1-2H2. The zero-order valence-electron chi connectivity index (χ0n) is 27.4. The number of hydrogen-bond acceptors (Lipinski definition) is 3. The third-order valence-electron chi connectivity index (χ3n) is 9.91. The van der Waals surface area contributed by atoms with Gasteiger partial charge in [0.1, 0.15) is 0 Å². The summed E-state index contributed by atoms with van der Waals surface area (Å²) in [4.78, 5) is 4.55. The van der Waals surface area contributed by atoms with E-state index in [1.807, 2.05) is 66.7 Å². The van der Waals surface area contributed by atoms with Crippen LogP contribution in [0.3, 0.4) is 0 Å². The molecule has 0 saturated heterocycles. The Morgan fingerprint density at radius 3 is 1.16 bits per heavy atom. The van der Waals surface area contributed by atoms with Crippen molar-refractivity contribution in [3.8, 4) is 0 Å². The van der Waals surface area contributed by atoms with Gasteiger partial charge in [-0.3, -0.25) is 0 Å². The summed E-state index contributed by atoms with van der Waals surface area (Å²) in [7, 11) is -3.39. The number of benzene rings is 7. The molecule has 0 amide bonds. The second kappa shape index (κ2) is 11.8. The first-order valence-electron chi connectivity index (χ1n) is 16.8. The molecule has 2 heterocycles. The summed E-state index contributed by atoms with van der Waals surface area (Å²) in [6, 6.07) is 59.9. The summed E-state index contributed by atoms with van der Waals surface area (Å²) >= 11 is 0. The maximum atomic E-state index is 16.1. The van der Waals surface area contributed by atoms with Crippen molar-refractivity contribution in [3.05, 3.63) is 211 Å². The zero-order valence-corrected chi connectivity index (χ0v) is 28.3. The van der Waals surface area contributed by atoms with Gasteiger partial charge in [-0.15, -0.1) is 0 Å². The van der Waals surface area contributed by atoms with Gasteiger partial charge in [0.15, 0.2) is 7.14 Å². The average Bonchev–Trinajstić information content (AvgIpc) is 3.19. The third kappa shape index (κ3) is 4.55. The lowest BCUT2D eigenvalue weighted by molar-refractivity contribution is 0.592. The molecule has 0 radical (unpaired) electrons. The van der Waals surface area contributed by atoms with Crippen LogP contribution in [0, 0.1) is 0 Å². The predicted molar refractivity (Wildman–Crippen MR) is 211 cm³/mol. The predicted octanol–water partition coefficient (Wildman–Crippen LogP) is 11.0. The van der Waals surface area contributed by atoms with Crippen molar-refractivity contribution in [1.29, 1.82) is 0 Å². The van der Waals surface area contributed by atoms with Crippen LogP contribution in [0.2, 0.25) is 0 Å². The zero-order chi connectivity index (χ0) is 33.8. The Morgan fingerprint density at radius 1 is 0.360 bits per heavy atom. The minimum absolute atomic E-state index is 0.762. The molecule has 7 aromatic carbocycles. The molecule has 0 bridgehead atoms. The van der Waals surface area contributed by atoms with Crippen molar-refractivity contribution in [1.82, 2.24) is 0 Å². The van der Waals surface area contributed by atoms with Gasteiger partial charge in [0.05, 0.1) is 22.7 Å². The molecule has 3 nitrogen and oxygen atoms in total. The molecule has 2 aliphatic heterocycles. The monoisotopic (exact) mass is 660 g/mol. The Hall–Kier alpha value is -6.15. The van der Waals surface area contributed by atoms with Crippen molar-refractivity contribution in [2.75, 3.05) is 9.80 Å². The van der Waals surface area contributed by atoms with Crippen LogP contribution in [-0.4, -0.2) is 0 Å². The van der Waals surface area contributed by atoms with Gasteiger partial charge >= 0.3 is 0 Å². The van der Waals surface area contributed by atoms with Gasteiger partial charge in [-0.1, -0.05) is 116 Å². The van der Waals surface area contributed by atoms with Crippen LogP contribution in [0.5, 0.6) is 0 Å². The van der Waals surface area contributed by atoms with E-state index >= 15 is 4.57 Å². The maximum Gasteiger partial charge on any atom is 0.171 e. The minimum Gasteiger partial charge on any atom is -0.309 e.